The molecule has 0 bridgehead atoms. The van der Waals surface area contributed by atoms with Crippen molar-refractivity contribution in [3.8, 4) is 11.5 Å². The summed E-state index contributed by atoms with van der Waals surface area (Å²) in [6.45, 7) is -0.259. The first kappa shape index (κ1) is 44.6. The van der Waals surface area contributed by atoms with Crippen LogP contribution in [0.5, 0.6) is 11.5 Å². The minimum Gasteiger partial charge on any atom is -0.458 e. The summed E-state index contributed by atoms with van der Waals surface area (Å²) in [5.74, 6) is 1.80. The largest absolute Gasteiger partial charge is 0.458 e. The summed E-state index contributed by atoms with van der Waals surface area (Å²) in [5, 5.41) is 0. The zero-order valence-electron chi connectivity index (χ0n) is 43.9. The van der Waals surface area contributed by atoms with Gasteiger partial charge in [-0.3, -0.25) is 0 Å². The molecule has 0 aliphatic carbocycles. The third kappa shape index (κ3) is 6.26. The van der Waals surface area contributed by atoms with Gasteiger partial charge in [-0.1, -0.05) is 170 Å². The standard InChI is InChI=1S/C72H46B3N5O/c1-6-24-47(25-7-1)76(48-26-8-2-9-27-48)52-42-64-69-65(43-52)78(50-30-12-4-13-31-50)62-45-63-58(44-57(62)74(69)53-34-16-20-38-59(53)77(64)49-28-10-3-11-29-49)75-55-36-18-22-40-61(55)80-60-39-21-17-35-54(60)73-56-37-19-23-41-67(56)81-68-46-66(70(75)72(80)71(68)73)79(63)51-32-14-5-15-33-51/h1-46H. The van der Waals surface area contributed by atoms with Gasteiger partial charge in [-0.2, -0.15) is 0 Å². The van der Waals surface area contributed by atoms with E-state index < -0.39 is 0 Å². The molecule has 0 fully saturated rings. The van der Waals surface area contributed by atoms with Crippen LogP contribution in [0.1, 0.15) is 0 Å². The van der Waals surface area contributed by atoms with E-state index in [0.717, 1.165) is 74.1 Å². The third-order valence-electron chi connectivity index (χ3n) is 17.8. The molecular formula is C72H46B3N5O. The molecule has 0 N–H and O–H groups in total. The quantitative estimate of drug-likeness (QED) is 0.154. The molecule has 6 heterocycles. The molecule has 374 valence electrons. The molecule has 0 aromatic heterocycles. The number of fused-ring (bicyclic) bond motifs is 14. The molecule has 0 amide bonds. The van der Waals surface area contributed by atoms with E-state index in [1.165, 1.54) is 71.9 Å². The van der Waals surface area contributed by atoms with Crippen molar-refractivity contribution in [2.45, 2.75) is 0 Å². The summed E-state index contributed by atoms with van der Waals surface area (Å²) in [4.78, 5) is 12.6. The lowest BCUT2D eigenvalue weighted by Gasteiger charge is -2.50. The Bertz CT molecular complexity index is 4530. The van der Waals surface area contributed by atoms with Crippen molar-refractivity contribution in [3.05, 3.63) is 279 Å². The van der Waals surface area contributed by atoms with Gasteiger partial charge in [-0.25, -0.2) is 0 Å². The van der Waals surface area contributed by atoms with Crippen molar-refractivity contribution in [1.82, 2.24) is 0 Å². The van der Waals surface area contributed by atoms with Crippen LogP contribution in [0, 0.1) is 0 Å². The maximum Gasteiger partial charge on any atom is 0.256 e. The van der Waals surface area contributed by atoms with Gasteiger partial charge in [0, 0.05) is 85.7 Å². The minimum atomic E-state index is -0.132. The van der Waals surface area contributed by atoms with E-state index in [-0.39, 0.29) is 20.1 Å². The molecule has 12 aromatic rings. The number of nitrogens with zero attached hydrogens (tertiary/aromatic N) is 5. The first-order valence-corrected chi connectivity index (χ1v) is 28.1. The van der Waals surface area contributed by atoms with Gasteiger partial charge in [-0.05, 0) is 152 Å². The van der Waals surface area contributed by atoms with E-state index in [9.17, 15) is 0 Å². The molecule has 81 heavy (non-hydrogen) atoms. The molecule has 0 saturated carbocycles. The fraction of sp³-hybridized carbons (Fsp3) is 0. The lowest BCUT2D eigenvalue weighted by atomic mass is 9.28. The molecule has 0 radical (unpaired) electrons. The number of para-hydroxylation sites is 9. The Morgan fingerprint density at radius 3 is 1.14 bits per heavy atom. The maximum absolute atomic E-state index is 7.22. The number of benzene rings is 12. The monoisotopic (exact) mass is 1030 g/mol. The summed E-state index contributed by atoms with van der Waals surface area (Å²) in [6, 6.07) is 103. The third-order valence-corrected chi connectivity index (χ3v) is 17.8. The average Bonchev–Trinajstić information content (AvgIpc) is 1.15. The summed E-state index contributed by atoms with van der Waals surface area (Å²) in [5.41, 5.74) is 28.4. The van der Waals surface area contributed by atoms with Crippen molar-refractivity contribution in [3.63, 3.8) is 0 Å². The summed E-state index contributed by atoms with van der Waals surface area (Å²) < 4.78 is 7.22. The van der Waals surface area contributed by atoms with Crippen molar-refractivity contribution in [2.24, 2.45) is 0 Å². The number of anilines is 15. The number of ether oxygens (including phenoxy) is 1. The van der Waals surface area contributed by atoms with Gasteiger partial charge in [0.1, 0.15) is 11.5 Å². The number of hydrogen-bond donors (Lipinski definition) is 0. The molecule has 9 heteroatoms. The zero-order chi connectivity index (χ0) is 52.9. The van der Waals surface area contributed by atoms with Crippen LogP contribution in [0.3, 0.4) is 0 Å². The molecule has 18 rings (SSSR count). The van der Waals surface area contributed by atoms with Gasteiger partial charge < -0.3 is 29.2 Å². The summed E-state index contributed by atoms with van der Waals surface area (Å²) in [6.07, 6.45) is 0. The molecule has 0 spiro atoms. The fourth-order valence-corrected chi connectivity index (χ4v) is 14.7. The lowest BCUT2D eigenvalue weighted by molar-refractivity contribution is 0.488. The van der Waals surface area contributed by atoms with Crippen LogP contribution in [0.4, 0.5) is 85.3 Å². The van der Waals surface area contributed by atoms with E-state index in [1.54, 1.807) is 0 Å². The van der Waals surface area contributed by atoms with Crippen LogP contribution in [0.15, 0.2) is 279 Å². The lowest BCUT2D eigenvalue weighted by Crippen LogP contribution is -2.68. The Kier molecular flexibility index (Phi) is 9.40. The van der Waals surface area contributed by atoms with Crippen molar-refractivity contribution >= 4 is 155 Å². The smallest absolute Gasteiger partial charge is 0.256 e. The fourth-order valence-electron chi connectivity index (χ4n) is 14.7. The Hall–Kier alpha value is -10.4. The van der Waals surface area contributed by atoms with Gasteiger partial charge >= 0.3 is 0 Å². The Morgan fingerprint density at radius 1 is 0.247 bits per heavy atom. The highest BCUT2D eigenvalue weighted by Gasteiger charge is 2.53. The molecule has 6 nitrogen and oxygen atoms in total. The van der Waals surface area contributed by atoms with Crippen molar-refractivity contribution < 1.29 is 4.74 Å². The van der Waals surface area contributed by atoms with Gasteiger partial charge in [0.05, 0.1) is 5.69 Å². The van der Waals surface area contributed by atoms with E-state index in [0.29, 0.717) is 0 Å². The van der Waals surface area contributed by atoms with Crippen molar-refractivity contribution in [2.75, 3.05) is 24.5 Å². The molecule has 0 saturated heterocycles. The highest BCUT2D eigenvalue weighted by Crippen LogP contribution is 2.52. The average molecular weight is 1030 g/mol. The topological polar surface area (TPSA) is 25.4 Å². The van der Waals surface area contributed by atoms with Crippen LogP contribution < -0.4 is 78.4 Å². The van der Waals surface area contributed by atoms with Gasteiger partial charge in [0.2, 0.25) is 0 Å². The minimum absolute atomic E-state index is 0.0102. The maximum atomic E-state index is 7.22. The molecule has 6 aliphatic heterocycles. The van der Waals surface area contributed by atoms with E-state index >= 15 is 0 Å². The number of rotatable bonds is 6. The second-order valence-corrected chi connectivity index (χ2v) is 21.9. The van der Waals surface area contributed by atoms with E-state index in [2.05, 4.69) is 304 Å². The van der Waals surface area contributed by atoms with Gasteiger partial charge in [-0.15, -0.1) is 0 Å². The molecule has 0 atom stereocenters. The summed E-state index contributed by atoms with van der Waals surface area (Å²) >= 11 is 0. The predicted octanol–water partition coefficient (Wildman–Crippen LogP) is 12.3. The van der Waals surface area contributed by atoms with Crippen LogP contribution in [0.2, 0.25) is 0 Å². The molecular weight excluding hydrogens is 983 g/mol. The Labute approximate surface area is 471 Å². The number of hydrogen-bond acceptors (Lipinski definition) is 6. The highest BCUT2D eigenvalue weighted by atomic mass is 16.5. The first-order valence-electron chi connectivity index (χ1n) is 28.1. The highest BCUT2D eigenvalue weighted by molar-refractivity contribution is 7.05. The molecule has 0 unspecified atom stereocenters. The predicted molar refractivity (Wildman–Crippen MR) is 340 cm³/mol. The summed E-state index contributed by atoms with van der Waals surface area (Å²) in [7, 11) is 0. The Balaban J connectivity index is 0.967. The van der Waals surface area contributed by atoms with Crippen LogP contribution in [0.25, 0.3) is 0 Å². The second-order valence-electron chi connectivity index (χ2n) is 21.9. The SMILES string of the molecule is c1ccc(N(c2ccccc2)c2cc3c4c(c2)N(c2ccccc2)c2cc5c(cc2B4c2ccccc2N3c2ccccc2)B2c3ccccc3N3c4ccccc4B4c6ccccc6Oc6cc(c2c3c64)N5c2ccccc2)cc1. The van der Waals surface area contributed by atoms with Gasteiger partial charge in [0.25, 0.3) is 20.1 Å². The van der Waals surface area contributed by atoms with Crippen molar-refractivity contribution in [1.29, 1.82) is 0 Å². The van der Waals surface area contributed by atoms with E-state index in [4.69, 9.17) is 4.74 Å². The van der Waals surface area contributed by atoms with Crippen LogP contribution >= 0.6 is 0 Å². The second kappa shape index (κ2) is 17.1. The molecule has 12 aromatic carbocycles. The Morgan fingerprint density at radius 2 is 0.630 bits per heavy atom. The van der Waals surface area contributed by atoms with E-state index in [1.807, 2.05) is 0 Å². The molecule has 6 aliphatic rings. The zero-order valence-corrected chi connectivity index (χ0v) is 43.9. The normalized spacial score (nSPS) is 13.9. The van der Waals surface area contributed by atoms with Gasteiger partial charge in [0.15, 0.2) is 0 Å². The van der Waals surface area contributed by atoms with Crippen LogP contribution in [-0.4, -0.2) is 20.1 Å². The first-order chi connectivity index (χ1) is 40.2. The van der Waals surface area contributed by atoms with Crippen LogP contribution in [-0.2, 0) is 0 Å².